The van der Waals surface area contributed by atoms with E-state index in [-0.39, 0.29) is 30.7 Å². The Morgan fingerprint density at radius 3 is 1.91 bits per heavy atom. The summed E-state index contributed by atoms with van der Waals surface area (Å²) in [6, 6.07) is 2.39. The maximum atomic E-state index is 12.2. The molecule has 13 heteroatoms. The number of amides is 2. The molecule has 2 atom stereocenters. The van der Waals surface area contributed by atoms with Gasteiger partial charge in [0.05, 0.1) is 4.90 Å². The van der Waals surface area contributed by atoms with Crippen molar-refractivity contribution in [2.45, 2.75) is 56.0 Å². The lowest BCUT2D eigenvalue weighted by Gasteiger charge is -2.18. The van der Waals surface area contributed by atoms with Crippen LogP contribution in [0.5, 0.6) is 0 Å². The molecule has 0 bridgehead atoms. The number of carbonyl (C=O) groups excluding carboxylic acids is 1. The zero-order valence-electron chi connectivity index (χ0n) is 17.4. The van der Waals surface area contributed by atoms with Gasteiger partial charge >= 0.3 is 23.9 Å². The van der Waals surface area contributed by atoms with Crippen LogP contribution >= 0.6 is 0 Å². The summed E-state index contributed by atoms with van der Waals surface area (Å²) in [7, 11) is -3.69. The van der Waals surface area contributed by atoms with Gasteiger partial charge in [0.15, 0.2) is 0 Å². The van der Waals surface area contributed by atoms with E-state index in [1.807, 2.05) is 12.2 Å². The molecule has 0 fully saturated rings. The number of hydrogen-bond donors (Lipinski definition) is 6. The SMILES string of the molecule is Cc1ccc(S(=O)(=O)NCCCC[C@H](NC(=O)N[C@@H](CCC(=O)O)C(=O)O)C(=O)O)cc1. The summed E-state index contributed by atoms with van der Waals surface area (Å²) in [4.78, 5) is 45.1. The van der Waals surface area contributed by atoms with Gasteiger partial charge in [-0.15, -0.1) is 0 Å². The number of hydrogen-bond acceptors (Lipinski definition) is 6. The maximum absolute atomic E-state index is 12.2. The van der Waals surface area contributed by atoms with E-state index in [0.29, 0.717) is 6.42 Å². The summed E-state index contributed by atoms with van der Waals surface area (Å²) < 4.78 is 26.8. The quantitative estimate of drug-likeness (QED) is 0.208. The Labute approximate surface area is 185 Å². The van der Waals surface area contributed by atoms with Gasteiger partial charge in [0.1, 0.15) is 12.1 Å². The van der Waals surface area contributed by atoms with Crippen molar-refractivity contribution in [1.29, 1.82) is 0 Å². The number of sulfonamides is 1. The van der Waals surface area contributed by atoms with Gasteiger partial charge in [-0.3, -0.25) is 4.79 Å². The lowest BCUT2D eigenvalue weighted by molar-refractivity contribution is -0.140. The number of benzene rings is 1. The van der Waals surface area contributed by atoms with Crippen molar-refractivity contribution in [3.63, 3.8) is 0 Å². The van der Waals surface area contributed by atoms with Crippen LogP contribution in [0.25, 0.3) is 0 Å². The first-order valence-electron chi connectivity index (χ1n) is 9.73. The fourth-order valence-corrected chi connectivity index (χ4v) is 3.70. The summed E-state index contributed by atoms with van der Waals surface area (Å²) in [5.74, 6) is -4.04. The van der Waals surface area contributed by atoms with E-state index in [4.69, 9.17) is 10.2 Å². The van der Waals surface area contributed by atoms with Gasteiger partial charge in [-0.2, -0.15) is 0 Å². The Morgan fingerprint density at radius 2 is 1.41 bits per heavy atom. The number of rotatable bonds is 14. The van der Waals surface area contributed by atoms with E-state index in [9.17, 15) is 32.7 Å². The molecule has 178 valence electrons. The van der Waals surface area contributed by atoms with E-state index in [0.717, 1.165) is 5.56 Å². The third-order valence-electron chi connectivity index (χ3n) is 4.40. The molecule has 1 rings (SSSR count). The third-order valence-corrected chi connectivity index (χ3v) is 5.87. The zero-order valence-corrected chi connectivity index (χ0v) is 18.2. The van der Waals surface area contributed by atoms with Crippen molar-refractivity contribution in [3.8, 4) is 0 Å². The molecular weight excluding hydrogens is 446 g/mol. The lowest BCUT2D eigenvalue weighted by Crippen LogP contribution is -2.51. The Kier molecular flexibility index (Phi) is 10.6. The normalized spacial score (nSPS) is 13.0. The molecule has 32 heavy (non-hydrogen) atoms. The fourth-order valence-electron chi connectivity index (χ4n) is 2.62. The Morgan fingerprint density at radius 1 is 0.875 bits per heavy atom. The Hall–Kier alpha value is -3.19. The summed E-state index contributed by atoms with van der Waals surface area (Å²) in [5, 5.41) is 31.1. The monoisotopic (exact) mass is 473 g/mol. The van der Waals surface area contributed by atoms with Crippen LogP contribution in [0.2, 0.25) is 0 Å². The summed E-state index contributed by atoms with van der Waals surface area (Å²) >= 11 is 0. The Balaban J connectivity index is 2.48. The predicted octanol–water partition coefficient (Wildman–Crippen LogP) is 0.514. The number of unbranched alkanes of at least 4 members (excludes halogenated alkanes) is 1. The van der Waals surface area contributed by atoms with E-state index < -0.39 is 52.5 Å². The highest BCUT2D eigenvalue weighted by atomic mass is 32.2. The van der Waals surface area contributed by atoms with Crippen LogP contribution in [-0.4, -0.2) is 66.3 Å². The zero-order chi connectivity index (χ0) is 24.3. The van der Waals surface area contributed by atoms with Crippen molar-refractivity contribution in [2.24, 2.45) is 0 Å². The lowest BCUT2D eigenvalue weighted by atomic mass is 10.1. The molecule has 6 N–H and O–H groups in total. The minimum atomic E-state index is -3.69. The fraction of sp³-hybridized carbons (Fsp3) is 0.474. The number of aryl methyl sites for hydroxylation is 1. The summed E-state index contributed by atoms with van der Waals surface area (Å²) in [6.07, 6.45) is -0.319. The Bertz CT molecular complexity index is 916. The smallest absolute Gasteiger partial charge is 0.326 e. The second-order valence-corrected chi connectivity index (χ2v) is 8.81. The molecule has 0 spiro atoms. The molecule has 2 amide bonds. The third kappa shape index (κ3) is 9.75. The predicted molar refractivity (Wildman–Crippen MR) is 112 cm³/mol. The number of aliphatic carboxylic acids is 3. The van der Waals surface area contributed by atoms with E-state index >= 15 is 0 Å². The van der Waals surface area contributed by atoms with Gasteiger partial charge < -0.3 is 26.0 Å². The van der Waals surface area contributed by atoms with Gasteiger partial charge in [0.25, 0.3) is 0 Å². The van der Waals surface area contributed by atoms with Crippen molar-refractivity contribution in [2.75, 3.05) is 6.54 Å². The molecule has 0 saturated carbocycles. The van der Waals surface area contributed by atoms with Gasteiger partial charge in [-0.25, -0.2) is 27.5 Å². The first kappa shape index (κ1) is 26.8. The topological polar surface area (TPSA) is 199 Å². The molecule has 0 heterocycles. The van der Waals surface area contributed by atoms with E-state index in [1.54, 1.807) is 12.1 Å². The van der Waals surface area contributed by atoms with Crippen LogP contribution in [0.15, 0.2) is 29.2 Å². The number of carbonyl (C=O) groups is 4. The number of carboxylic acid groups (broad SMARTS) is 3. The largest absolute Gasteiger partial charge is 0.481 e. The number of urea groups is 1. The highest BCUT2D eigenvalue weighted by Crippen LogP contribution is 2.10. The molecule has 1 aromatic rings. The standard InChI is InChI=1S/C19H27N3O9S/c1-12-5-7-13(8-6-12)32(30,31)20-11-3-2-4-14(17(25)26)21-19(29)22-15(18(27)28)9-10-16(23)24/h5-8,14-15,20H,2-4,9-11H2,1H3,(H,23,24)(H,25,26)(H,27,28)(H2,21,22,29)/t14-,15-/m0/s1. The van der Waals surface area contributed by atoms with Gasteiger partial charge in [-0.1, -0.05) is 17.7 Å². The molecule has 0 saturated heterocycles. The van der Waals surface area contributed by atoms with Crippen molar-refractivity contribution in [3.05, 3.63) is 29.8 Å². The van der Waals surface area contributed by atoms with Crippen LogP contribution in [0.1, 0.15) is 37.7 Å². The average molecular weight is 474 g/mol. The molecule has 0 aliphatic rings. The minimum Gasteiger partial charge on any atom is -0.481 e. The van der Waals surface area contributed by atoms with Crippen LogP contribution < -0.4 is 15.4 Å². The van der Waals surface area contributed by atoms with Gasteiger partial charge in [0.2, 0.25) is 10.0 Å². The van der Waals surface area contributed by atoms with E-state index in [1.165, 1.54) is 12.1 Å². The molecule has 1 aromatic carbocycles. The first-order valence-corrected chi connectivity index (χ1v) is 11.2. The molecule has 0 unspecified atom stereocenters. The second-order valence-electron chi connectivity index (χ2n) is 7.04. The molecule has 0 radical (unpaired) electrons. The summed E-state index contributed by atoms with van der Waals surface area (Å²) in [6.45, 7) is 1.89. The van der Waals surface area contributed by atoms with Crippen LogP contribution in [0, 0.1) is 6.92 Å². The highest BCUT2D eigenvalue weighted by Gasteiger charge is 2.24. The van der Waals surface area contributed by atoms with E-state index in [2.05, 4.69) is 10.0 Å². The molecule has 0 aliphatic carbocycles. The van der Waals surface area contributed by atoms with Crippen LogP contribution in [0.4, 0.5) is 4.79 Å². The van der Waals surface area contributed by atoms with Crippen LogP contribution in [0.3, 0.4) is 0 Å². The number of nitrogens with one attached hydrogen (secondary N) is 3. The second kappa shape index (κ2) is 12.6. The molecule has 0 aliphatic heterocycles. The summed E-state index contributed by atoms with van der Waals surface area (Å²) in [5.41, 5.74) is 0.914. The van der Waals surface area contributed by atoms with Crippen molar-refractivity contribution < 1.29 is 42.9 Å². The molecule has 0 aromatic heterocycles. The van der Waals surface area contributed by atoms with Gasteiger partial charge in [-0.05, 0) is 44.7 Å². The maximum Gasteiger partial charge on any atom is 0.326 e. The van der Waals surface area contributed by atoms with Gasteiger partial charge in [0, 0.05) is 13.0 Å². The first-order chi connectivity index (χ1) is 14.9. The number of carboxylic acids is 3. The average Bonchev–Trinajstić information content (AvgIpc) is 2.69. The molecular formula is C19H27N3O9S. The van der Waals surface area contributed by atoms with Crippen LogP contribution in [-0.2, 0) is 24.4 Å². The minimum absolute atomic E-state index is 0.0259. The molecule has 12 nitrogen and oxygen atoms in total. The van der Waals surface area contributed by atoms with Crippen molar-refractivity contribution in [1.82, 2.24) is 15.4 Å². The highest BCUT2D eigenvalue weighted by molar-refractivity contribution is 7.89. The van der Waals surface area contributed by atoms with Crippen molar-refractivity contribution >= 4 is 34.0 Å².